The minimum Gasteiger partial charge on any atom is -0.478 e. The van der Waals surface area contributed by atoms with Crippen molar-refractivity contribution in [2.24, 2.45) is 5.73 Å². The highest BCUT2D eigenvalue weighted by molar-refractivity contribution is 7.07. The van der Waals surface area contributed by atoms with E-state index in [1.54, 1.807) is 29.9 Å². The molecule has 162 valence electrons. The lowest BCUT2D eigenvalue weighted by molar-refractivity contribution is -0.133. The molecule has 32 heavy (non-hydrogen) atoms. The van der Waals surface area contributed by atoms with Gasteiger partial charge in [0.05, 0.1) is 22.5 Å². The molecule has 3 N–H and O–H groups in total. The van der Waals surface area contributed by atoms with Crippen molar-refractivity contribution < 1.29 is 23.9 Å². The number of rotatable bonds is 5. The van der Waals surface area contributed by atoms with Crippen LogP contribution in [0.2, 0.25) is 0 Å². The van der Waals surface area contributed by atoms with Crippen LogP contribution in [0.5, 0.6) is 0 Å². The predicted octanol–water partition coefficient (Wildman–Crippen LogP) is 3.85. The number of carboxylic acid groups (broad SMARTS) is 1. The Bertz CT molecular complexity index is 1250. The van der Waals surface area contributed by atoms with Gasteiger partial charge in [0, 0.05) is 35.0 Å². The number of carbonyl (C=O) groups is 3. The second-order valence-corrected chi connectivity index (χ2v) is 8.10. The van der Waals surface area contributed by atoms with E-state index < -0.39 is 23.6 Å². The normalized spacial score (nSPS) is 16.1. The molecule has 0 unspecified atom stereocenters. The molecule has 0 saturated heterocycles. The minimum absolute atomic E-state index is 0.00272. The van der Waals surface area contributed by atoms with Crippen molar-refractivity contribution in [2.75, 3.05) is 4.90 Å². The van der Waals surface area contributed by atoms with E-state index in [0.717, 1.165) is 0 Å². The Morgan fingerprint density at radius 2 is 1.97 bits per heavy atom. The lowest BCUT2D eigenvalue weighted by Gasteiger charge is -2.31. The molecule has 2 aromatic carbocycles. The second kappa shape index (κ2) is 8.35. The smallest absolute Gasteiger partial charge is 0.333 e. The number of carboxylic acids is 1. The van der Waals surface area contributed by atoms with Crippen molar-refractivity contribution in [1.82, 2.24) is 4.98 Å². The largest absolute Gasteiger partial charge is 0.478 e. The Morgan fingerprint density at radius 3 is 2.56 bits per heavy atom. The number of anilines is 1. The number of nitrogens with zero attached hydrogens (tertiary/aromatic N) is 2. The van der Waals surface area contributed by atoms with E-state index in [0.29, 0.717) is 28.1 Å². The van der Waals surface area contributed by atoms with Gasteiger partial charge in [0.2, 0.25) is 11.8 Å². The Kier molecular flexibility index (Phi) is 5.58. The first-order valence-corrected chi connectivity index (χ1v) is 10.6. The Labute approximate surface area is 186 Å². The van der Waals surface area contributed by atoms with Crippen LogP contribution in [0, 0.1) is 12.7 Å². The summed E-state index contributed by atoms with van der Waals surface area (Å²) < 4.78 is 13.3. The minimum atomic E-state index is -1.18. The van der Waals surface area contributed by atoms with Crippen LogP contribution < -0.4 is 10.6 Å². The molecule has 0 radical (unpaired) electrons. The van der Waals surface area contributed by atoms with Crippen LogP contribution in [0.4, 0.5) is 10.1 Å². The van der Waals surface area contributed by atoms with Crippen LogP contribution in [-0.4, -0.2) is 27.9 Å². The van der Waals surface area contributed by atoms with Gasteiger partial charge in [0.1, 0.15) is 5.82 Å². The van der Waals surface area contributed by atoms with E-state index in [-0.39, 0.29) is 23.5 Å². The van der Waals surface area contributed by atoms with Gasteiger partial charge in [-0.3, -0.25) is 14.5 Å². The summed E-state index contributed by atoms with van der Waals surface area (Å²) in [5.41, 5.74) is 9.90. The van der Waals surface area contributed by atoms with Gasteiger partial charge in [0.15, 0.2) is 0 Å². The maximum Gasteiger partial charge on any atom is 0.333 e. The van der Waals surface area contributed by atoms with E-state index in [4.69, 9.17) is 5.73 Å². The predicted molar refractivity (Wildman–Crippen MR) is 118 cm³/mol. The average molecular weight is 451 g/mol. The standard InChI is InChI=1S/C23H18FN3O4S/c1-12-6-20(17(7-15(12)22(25)29)19-10-32-11-26-19)27-9-18(23(30)31)16(8-21(27)28)13-2-4-14(24)5-3-13/h2-7,9-11,16H,8H2,1H3,(H2,25,29)(H,30,31)/t16-/m0/s1. The van der Waals surface area contributed by atoms with Gasteiger partial charge >= 0.3 is 5.97 Å². The van der Waals surface area contributed by atoms with E-state index in [1.807, 2.05) is 0 Å². The van der Waals surface area contributed by atoms with Gasteiger partial charge < -0.3 is 10.8 Å². The molecule has 9 heteroatoms. The molecule has 1 aromatic heterocycles. The van der Waals surface area contributed by atoms with Gasteiger partial charge in [0.25, 0.3) is 0 Å². The van der Waals surface area contributed by atoms with Gasteiger partial charge in [-0.1, -0.05) is 12.1 Å². The highest BCUT2D eigenvalue weighted by Gasteiger charge is 2.34. The molecule has 0 fully saturated rings. The lowest BCUT2D eigenvalue weighted by Crippen LogP contribution is -2.34. The summed E-state index contributed by atoms with van der Waals surface area (Å²) in [5, 5.41) is 11.6. The van der Waals surface area contributed by atoms with Crippen molar-refractivity contribution in [1.29, 1.82) is 0 Å². The first-order valence-electron chi connectivity index (χ1n) is 9.61. The number of benzene rings is 2. The van der Waals surface area contributed by atoms with Crippen LogP contribution >= 0.6 is 11.3 Å². The topological polar surface area (TPSA) is 114 Å². The van der Waals surface area contributed by atoms with Gasteiger partial charge in [-0.2, -0.15) is 0 Å². The van der Waals surface area contributed by atoms with Gasteiger partial charge in [-0.25, -0.2) is 14.2 Å². The van der Waals surface area contributed by atoms with E-state index in [1.165, 1.54) is 46.7 Å². The number of amides is 2. The molecule has 0 bridgehead atoms. The molecule has 0 spiro atoms. The third kappa shape index (κ3) is 3.90. The van der Waals surface area contributed by atoms with Crippen molar-refractivity contribution in [2.45, 2.75) is 19.3 Å². The summed E-state index contributed by atoms with van der Waals surface area (Å²) in [6.07, 6.45) is 1.17. The highest BCUT2D eigenvalue weighted by Crippen LogP contribution is 2.39. The quantitative estimate of drug-likeness (QED) is 0.612. The van der Waals surface area contributed by atoms with Crippen LogP contribution in [0.25, 0.3) is 11.3 Å². The molecule has 1 aliphatic heterocycles. The van der Waals surface area contributed by atoms with Crippen LogP contribution in [0.3, 0.4) is 0 Å². The Hall–Kier alpha value is -3.85. The molecule has 3 aromatic rings. The fourth-order valence-corrected chi connectivity index (χ4v) is 4.34. The zero-order chi connectivity index (χ0) is 23.0. The van der Waals surface area contributed by atoms with Crippen molar-refractivity contribution >= 4 is 34.8 Å². The second-order valence-electron chi connectivity index (χ2n) is 7.38. The third-order valence-corrected chi connectivity index (χ3v) is 5.97. The lowest BCUT2D eigenvalue weighted by atomic mass is 9.85. The Morgan fingerprint density at radius 1 is 1.25 bits per heavy atom. The Balaban J connectivity index is 1.87. The number of hydrogen-bond acceptors (Lipinski definition) is 5. The van der Waals surface area contributed by atoms with Crippen molar-refractivity contribution in [3.63, 3.8) is 0 Å². The summed E-state index contributed by atoms with van der Waals surface area (Å²) in [4.78, 5) is 42.7. The number of carbonyl (C=O) groups excluding carboxylic acids is 2. The number of halogens is 1. The monoisotopic (exact) mass is 451 g/mol. The molecule has 1 aliphatic rings. The van der Waals surface area contributed by atoms with E-state index >= 15 is 0 Å². The molecule has 2 amide bonds. The van der Waals surface area contributed by atoms with Crippen molar-refractivity contribution in [3.8, 4) is 11.3 Å². The van der Waals surface area contributed by atoms with Crippen LogP contribution in [0.1, 0.15) is 33.8 Å². The number of hydrogen-bond donors (Lipinski definition) is 2. The summed E-state index contributed by atoms with van der Waals surface area (Å²) in [7, 11) is 0. The van der Waals surface area contributed by atoms with Crippen LogP contribution in [-0.2, 0) is 9.59 Å². The number of aromatic nitrogens is 1. The molecule has 1 atom stereocenters. The molecule has 0 aliphatic carbocycles. The molecular formula is C23H18FN3O4S. The third-order valence-electron chi connectivity index (χ3n) is 5.39. The number of aliphatic carboxylic acids is 1. The summed E-state index contributed by atoms with van der Waals surface area (Å²) in [6.45, 7) is 1.69. The zero-order valence-electron chi connectivity index (χ0n) is 16.9. The maximum absolute atomic E-state index is 13.3. The van der Waals surface area contributed by atoms with E-state index in [2.05, 4.69) is 4.98 Å². The first-order chi connectivity index (χ1) is 15.3. The summed E-state index contributed by atoms with van der Waals surface area (Å²) >= 11 is 1.34. The SMILES string of the molecule is Cc1cc(N2C=C(C(=O)O)[C@H](c3ccc(F)cc3)CC2=O)c(-c2cscn2)cc1C(N)=O. The fraction of sp³-hybridized carbons (Fsp3) is 0.130. The molecule has 0 saturated carbocycles. The number of primary amides is 1. The maximum atomic E-state index is 13.3. The molecular weight excluding hydrogens is 433 g/mol. The number of aryl methyl sites for hydroxylation is 1. The summed E-state index contributed by atoms with van der Waals surface area (Å²) in [6, 6.07) is 8.62. The number of thiazole rings is 1. The summed E-state index contributed by atoms with van der Waals surface area (Å²) in [5.74, 6) is -3.31. The molecule has 4 rings (SSSR count). The molecule has 7 nitrogen and oxygen atoms in total. The highest BCUT2D eigenvalue weighted by atomic mass is 32.1. The van der Waals surface area contributed by atoms with Crippen LogP contribution in [0.15, 0.2) is 59.1 Å². The van der Waals surface area contributed by atoms with Gasteiger partial charge in [-0.05, 0) is 42.3 Å². The van der Waals surface area contributed by atoms with Crippen molar-refractivity contribution in [3.05, 3.63) is 81.6 Å². The average Bonchev–Trinajstić information content (AvgIpc) is 3.28. The number of nitrogens with two attached hydrogens (primary N) is 1. The molecule has 2 heterocycles. The first kappa shape index (κ1) is 21.4. The fourth-order valence-electron chi connectivity index (χ4n) is 3.79. The zero-order valence-corrected chi connectivity index (χ0v) is 17.7. The van der Waals surface area contributed by atoms with E-state index in [9.17, 15) is 23.9 Å². The van der Waals surface area contributed by atoms with Gasteiger partial charge in [-0.15, -0.1) is 11.3 Å².